The lowest BCUT2D eigenvalue weighted by molar-refractivity contribution is 0.296. The Balaban J connectivity index is 2.52. The Labute approximate surface area is 111 Å². The molecule has 0 aliphatic rings. The largest absolute Gasteiger partial charge is 0.493 e. The Hall–Kier alpha value is -1.46. The molecule has 0 heterocycles. The maximum Gasteiger partial charge on any atom is 0.122 e. The van der Waals surface area contributed by atoms with Crippen LogP contribution in [-0.2, 0) is 0 Å². The van der Waals surface area contributed by atoms with Gasteiger partial charge in [-0.3, -0.25) is 0 Å². The van der Waals surface area contributed by atoms with Gasteiger partial charge in [-0.2, -0.15) is 0 Å². The van der Waals surface area contributed by atoms with E-state index in [0.29, 0.717) is 6.54 Å². The fourth-order valence-electron chi connectivity index (χ4n) is 1.72. The highest BCUT2D eigenvalue weighted by Gasteiger charge is 2.01. The third-order valence-electron chi connectivity index (χ3n) is 2.69. The van der Waals surface area contributed by atoms with Crippen molar-refractivity contribution in [1.29, 1.82) is 0 Å². The van der Waals surface area contributed by atoms with Gasteiger partial charge in [-0.15, -0.1) is 0 Å². The second-order valence-corrected chi connectivity index (χ2v) is 4.87. The molecule has 1 aromatic rings. The molecule has 2 nitrogen and oxygen atoms in total. The molecule has 98 valence electrons. The van der Waals surface area contributed by atoms with E-state index < -0.39 is 0 Å². The van der Waals surface area contributed by atoms with E-state index >= 15 is 0 Å². The van der Waals surface area contributed by atoms with E-state index in [0.717, 1.165) is 35.8 Å². The normalized spacial score (nSPS) is 10.1. The summed E-state index contributed by atoms with van der Waals surface area (Å²) in [5.41, 5.74) is 7.47. The quantitative estimate of drug-likeness (QED) is 0.639. The minimum absolute atomic E-state index is 0.395. The van der Waals surface area contributed by atoms with Gasteiger partial charge in [0.1, 0.15) is 5.75 Å². The molecule has 0 fully saturated rings. The van der Waals surface area contributed by atoms with Crippen LogP contribution in [0.4, 0.5) is 0 Å². The van der Waals surface area contributed by atoms with Crippen LogP contribution in [0.25, 0.3) is 0 Å². The number of aryl methyl sites for hydroxylation is 1. The molecule has 0 aliphatic heterocycles. The maximum atomic E-state index is 5.77. The summed E-state index contributed by atoms with van der Waals surface area (Å²) in [7, 11) is 0. The van der Waals surface area contributed by atoms with E-state index in [9.17, 15) is 0 Å². The minimum Gasteiger partial charge on any atom is -0.493 e. The Bertz CT molecular complexity index is 426. The van der Waals surface area contributed by atoms with Crippen LogP contribution < -0.4 is 10.5 Å². The van der Waals surface area contributed by atoms with Gasteiger partial charge in [0.25, 0.3) is 0 Å². The highest BCUT2D eigenvalue weighted by Crippen LogP contribution is 2.19. The number of ether oxygens (including phenoxy) is 1. The molecule has 0 aromatic heterocycles. The maximum absolute atomic E-state index is 5.77. The van der Waals surface area contributed by atoms with Gasteiger partial charge in [-0.05, 0) is 49.4 Å². The molecule has 2 N–H and O–H groups in total. The first kappa shape index (κ1) is 14.6. The fraction of sp³-hybridized carbons (Fsp3) is 0.500. The molecule has 1 rings (SSSR count). The van der Waals surface area contributed by atoms with Crippen LogP contribution in [0.5, 0.6) is 5.75 Å². The number of rotatable bonds is 5. The first-order valence-electron chi connectivity index (χ1n) is 6.56. The molecule has 0 aliphatic carbocycles. The van der Waals surface area contributed by atoms with Gasteiger partial charge in [-0.25, -0.2) is 0 Å². The van der Waals surface area contributed by atoms with Crippen LogP contribution in [0.1, 0.15) is 37.8 Å². The van der Waals surface area contributed by atoms with Crippen molar-refractivity contribution in [2.45, 2.75) is 33.6 Å². The van der Waals surface area contributed by atoms with E-state index in [-0.39, 0.29) is 0 Å². The van der Waals surface area contributed by atoms with E-state index in [1.54, 1.807) is 0 Å². The van der Waals surface area contributed by atoms with Gasteiger partial charge in [0.2, 0.25) is 0 Å². The van der Waals surface area contributed by atoms with E-state index in [4.69, 9.17) is 10.5 Å². The number of nitrogens with two attached hydrogens (primary N) is 1. The molecule has 0 spiro atoms. The Kier molecular flexibility index (Phi) is 6.32. The summed E-state index contributed by atoms with van der Waals surface area (Å²) in [6.45, 7) is 7.69. The van der Waals surface area contributed by atoms with Crippen LogP contribution in [0.3, 0.4) is 0 Å². The summed E-state index contributed by atoms with van der Waals surface area (Å²) in [5.74, 6) is 7.57. The molecular formula is C16H23NO. The second kappa shape index (κ2) is 7.79. The van der Waals surface area contributed by atoms with Crippen LogP contribution in [0, 0.1) is 24.7 Å². The van der Waals surface area contributed by atoms with Crippen molar-refractivity contribution < 1.29 is 4.74 Å². The van der Waals surface area contributed by atoms with Gasteiger partial charge >= 0.3 is 0 Å². The van der Waals surface area contributed by atoms with Crippen molar-refractivity contribution >= 4 is 0 Å². The zero-order valence-electron chi connectivity index (χ0n) is 11.6. The molecule has 0 unspecified atom stereocenters. The molecule has 18 heavy (non-hydrogen) atoms. The van der Waals surface area contributed by atoms with E-state index in [1.165, 1.54) is 6.42 Å². The van der Waals surface area contributed by atoms with Crippen molar-refractivity contribution in [2.24, 2.45) is 11.7 Å². The van der Waals surface area contributed by atoms with Gasteiger partial charge in [0.05, 0.1) is 13.2 Å². The third kappa shape index (κ3) is 5.25. The lowest BCUT2D eigenvalue weighted by Gasteiger charge is -2.10. The first-order valence-corrected chi connectivity index (χ1v) is 6.56. The number of benzene rings is 1. The smallest absolute Gasteiger partial charge is 0.122 e. The van der Waals surface area contributed by atoms with Crippen LogP contribution in [0.2, 0.25) is 0 Å². The molecule has 0 saturated heterocycles. The lowest BCUT2D eigenvalue weighted by atomic mass is 10.1. The average molecular weight is 245 g/mol. The van der Waals surface area contributed by atoms with Crippen LogP contribution in [0.15, 0.2) is 18.2 Å². The SMILES string of the molecule is Cc1cc(C#CCN)ccc1OCCCC(C)C. The molecular weight excluding hydrogens is 222 g/mol. The molecule has 0 bridgehead atoms. The summed E-state index contributed by atoms with van der Waals surface area (Å²) >= 11 is 0. The standard InChI is InChI=1S/C16H23NO/c1-13(2)6-5-11-18-16-9-8-15(7-4-10-17)12-14(16)3/h8-9,12-13H,5-6,10-11,17H2,1-3H3. The zero-order valence-corrected chi connectivity index (χ0v) is 11.6. The summed E-state index contributed by atoms with van der Waals surface area (Å²) in [5, 5.41) is 0. The summed E-state index contributed by atoms with van der Waals surface area (Å²) in [4.78, 5) is 0. The van der Waals surface area contributed by atoms with Gasteiger partial charge < -0.3 is 10.5 Å². The van der Waals surface area contributed by atoms with E-state index in [2.05, 4.69) is 25.7 Å². The predicted octanol–water partition coefficient (Wildman–Crippen LogP) is 3.12. The van der Waals surface area contributed by atoms with Crippen LogP contribution >= 0.6 is 0 Å². The van der Waals surface area contributed by atoms with Crippen molar-refractivity contribution in [2.75, 3.05) is 13.2 Å². The zero-order chi connectivity index (χ0) is 13.4. The lowest BCUT2D eigenvalue weighted by Crippen LogP contribution is -2.01. The topological polar surface area (TPSA) is 35.2 Å². The fourth-order valence-corrected chi connectivity index (χ4v) is 1.72. The first-order chi connectivity index (χ1) is 8.63. The summed E-state index contributed by atoms with van der Waals surface area (Å²) < 4.78 is 5.77. The van der Waals surface area contributed by atoms with Gasteiger partial charge in [-0.1, -0.05) is 25.7 Å². The molecule has 0 radical (unpaired) electrons. The van der Waals surface area contributed by atoms with Crippen molar-refractivity contribution in [1.82, 2.24) is 0 Å². The Morgan fingerprint density at radius 3 is 2.72 bits per heavy atom. The van der Waals surface area contributed by atoms with Crippen molar-refractivity contribution in [3.05, 3.63) is 29.3 Å². The minimum atomic E-state index is 0.395. The summed E-state index contributed by atoms with van der Waals surface area (Å²) in [6, 6.07) is 6.01. The number of hydrogen-bond acceptors (Lipinski definition) is 2. The predicted molar refractivity (Wildman–Crippen MR) is 76.7 cm³/mol. The Morgan fingerprint density at radius 1 is 1.33 bits per heavy atom. The van der Waals surface area contributed by atoms with Gasteiger partial charge in [0.15, 0.2) is 0 Å². The van der Waals surface area contributed by atoms with Crippen molar-refractivity contribution in [3.8, 4) is 17.6 Å². The monoisotopic (exact) mass is 245 g/mol. The molecule has 1 aromatic carbocycles. The third-order valence-corrected chi connectivity index (χ3v) is 2.69. The molecule has 2 heteroatoms. The Morgan fingerprint density at radius 2 is 2.11 bits per heavy atom. The molecule has 0 atom stereocenters. The number of hydrogen-bond donors (Lipinski definition) is 1. The van der Waals surface area contributed by atoms with Crippen molar-refractivity contribution in [3.63, 3.8) is 0 Å². The highest BCUT2D eigenvalue weighted by molar-refractivity contribution is 5.43. The van der Waals surface area contributed by atoms with Gasteiger partial charge in [0, 0.05) is 5.56 Å². The average Bonchev–Trinajstić information content (AvgIpc) is 2.33. The second-order valence-electron chi connectivity index (χ2n) is 4.87. The summed E-state index contributed by atoms with van der Waals surface area (Å²) in [6.07, 6.45) is 2.31. The van der Waals surface area contributed by atoms with E-state index in [1.807, 2.05) is 25.1 Å². The highest BCUT2D eigenvalue weighted by atomic mass is 16.5. The molecule has 0 amide bonds. The van der Waals surface area contributed by atoms with Crippen LogP contribution in [-0.4, -0.2) is 13.2 Å². The molecule has 0 saturated carbocycles.